The topological polar surface area (TPSA) is 64.0 Å². The van der Waals surface area contributed by atoms with Crippen LogP contribution in [-0.4, -0.2) is 11.5 Å². The van der Waals surface area contributed by atoms with Crippen LogP contribution in [0.3, 0.4) is 0 Å². The Bertz CT molecular complexity index is 1220. The largest absolute Gasteiger partial charge is 0.461 e. The number of Topliss-reactive ketones (excluding diaryl/α,β-unsaturated/α-hetero) is 1. The van der Waals surface area contributed by atoms with E-state index < -0.39 is 34.3 Å². The van der Waals surface area contributed by atoms with Crippen molar-refractivity contribution in [3.63, 3.8) is 0 Å². The fourth-order valence-electron chi connectivity index (χ4n) is 4.08. The maximum atomic E-state index is 14.5. The standard InChI is InChI=1S/C23H22F2N2O3/c1-10(2)7-16(28)18-12(4)27-13(5)22(26-6)19(18)14-9-15(24)21(25)20-17(29)8-11(3)30-23(14)20/h8-10,18-19H,7H2,1-5H3. The van der Waals surface area contributed by atoms with E-state index in [0.29, 0.717) is 11.4 Å². The number of carbonyl (C=O) groups is 1. The summed E-state index contributed by atoms with van der Waals surface area (Å²) in [4.78, 5) is 33.5. The molecule has 0 fully saturated rings. The Morgan fingerprint density at radius 3 is 2.53 bits per heavy atom. The van der Waals surface area contributed by atoms with E-state index >= 15 is 0 Å². The van der Waals surface area contributed by atoms with Crippen molar-refractivity contribution in [3.05, 3.63) is 68.1 Å². The number of ketones is 1. The molecule has 1 aromatic heterocycles. The van der Waals surface area contributed by atoms with E-state index in [2.05, 4.69) is 9.84 Å². The molecule has 5 nitrogen and oxygen atoms in total. The molecule has 2 aromatic rings. The van der Waals surface area contributed by atoms with Crippen molar-refractivity contribution in [1.29, 1.82) is 0 Å². The predicted molar refractivity (Wildman–Crippen MR) is 110 cm³/mol. The van der Waals surface area contributed by atoms with Gasteiger partial charge in [0.05, 0.1) is 12.5 Å². The van der Waals surface area contributed by atoms with E-state index in [1.54, 1.807) is 13.8 Å². The second kappa shape index (κ2) is 7.94. The van der Waals surface area contributed by atoms with Gasteiger partial charge in [-0.1, -0.05) is 13.8 Å². The summed E-state index contributed by atoms with van der Waals surface area (Å²) in [6.07, 6.45) is 0.239. The third kappa shape index (κ3) is 3.58. The van der Waals surface area contributed by atoms with Gasteiger partial charge < -0.3 is 4.42 Å². The number of allylic oxidation sites excluding steroid dienone is 2. The van der Waals surface area contributed by atoms with Crippen LogP contribution in [0.5, 0.6) is 0 Å². The molecule has 2 atom stereocenters. The summed E-state index contributed by atoms with van der Waals surface area (Å²) in [5.74, 6) is -4.16. The third-order valence-electron chi connectivity index (χ3n) is 5.25. The van der Waals surface area contributed by atoms with Gasteiger partial charge in [-0.2, -0.15) is 0 Å². The zero-order valence-electron chi connectivity index (χ0n) is 17.5. The highest BCUT2D eigenvalue weighted by Gasteiger charge is 2.40. The van der Waals surface area contributed by atoms with Gasteiger partial charge in [0.25, 0.3) is 0 Å². The van der Waals surface area contributed by atoms with Crippen LogP contribution in [0, 0.1) is 37.0 Å². The molecule has 1 aromatic carbocycles. The Morgan fingerprint density at radius 1 is 1.27 bits per heavy atom. The smallest absolute Gasteiger partial charge is 0.196 e. The molecule has 0 radical (unpaired) electrons. The zero-order valence-corrected chi connectivity index (χ0v) is 17.5. The Balaban J connectivity index is 2.40. The number of hydrogen-bond donors (Lipinski definition) is 0. The molecule has 0 N–H and O–H groups in total. The van der Waals surface area contributed by atoms with Crippen LogP contribution in [0.4, 0.5) is 8.78 Å². The second-order valence-electron chi connectivity index (χ2n) is 8.04. The lowest BCUT2D eigenvalue weighted by Crippen LogP contribution is -2.33. The molecular formula is C23H22F2N2O3. The summed E-state index contributed by atoms with van der Waals surface area (Å²) >= 11 is 0. The first kappa shape index (κ1) is 21.6. The fourth-order valence-corrected chi connectivity index (χ4v) is 4.08. The first-order chi connectivity index (χ1) is 14.1. The van der Waals surface area contributed by atoms with Crippen molar-refractivity contribution in [2.45, 2.75) is 47.0 Å². The van der Waals surface area contributed by atoms with E-state index in [-0.39, 0.29) is 40.7 Å². The van der Waals surface area contributed by atoms with Crippen molar-refractivity contribution in [1.82, 2.24) is 0 Å². The number of rotatable bonds is 4. The molecular weight excluding hydrogens is 390 g/mol. The molecule has 0 saturated heterocycles. The van der Waals surface area contributed by atoms with E-state index in [0.717, 1.165) is 12.1 Å². The van der Waals surface area contributed by atoms with Crippen LogP contribution in [0.15, 0.2) is 37.7 Å². The van der Waals surface area contributed by atoms with Gasteiger partial charge in [-0.25, -0.2) is 13.6 Å². The number of nitrogens with zero attached hydrogens (tertiary/aromatic N) is 2. The summed E-state index contributed by atoms with van der Waals surface area (Å²) in [5, 5.41) is -0.521. The number of fused-ring (bicyclic) bond motifs is 1. The minimum Gasteiger partial charge on any atom is -0.461 e. The Labute approximate surface area is 172 Å². The zero-order chi connectivity index (χ0) is 22.3. The van der Waals surface area contributed by atoms with Gasteiger partial charge in [0, 0.05) is 29.8 Å². The highest BCUT2D eigenvalue weighted by molar-refractivity contribution is 6.07. The maximum Gasteiger partial charge on any atom is 0.196 e. The van der Waals surface area contributed by atoms with E-state index in [1.807, 2.05) is 13.8 Å². The van der Waals surface area contributed by atoms with E-state index in [1.165, 1.54) is 6.92 Å². The molecule has 7 heteroatoms. The predicted octanol–water partition coefficient (Wildman–Crippen LogP) is 5.32. The van der Waals surface area contributed by atoms with Gasteiger partial charge in [0.1, 0.15) is 22.5 Å². The lowest BCUT2D eigenvalue weighted by molar-refractivity contribution is -0.122. The second-order valence-corrected chi connectivity index (χ2v) is 8.04. The molecule has 2 unspecified atom stereocenters. The average Bonchev–Trinajstić information content (AvgIpc) is 2.62. The summed E-state index contributed by atoms with van der Waals surface area (Å²) in [7, 11) is 0. The number of carbonyl (C=O) groups excluding carboxylic acids is 1. The molecule has 0 aliphatic carbocycles. The summed E-state index contributed by atoms with van der Waals surface area (Å²) in [5.41, 5.74) is 0.279. The number of halogens is 2. The monoisotopic (exact) mass is 412 g/mol. The normalized spacial score (nSPS) is 19.2. The summed E-state index contributed by atoms with van der Waals surface area (Å²) in [6, 6.07) is 2.01. The van der Waals surface area contributed by atoms with E-state index in [9.17, 15) is 18.4 Å². The van der Waals surface area contributed by atoms with E-state index in [4.69, 9.17) is 11.0 Å². The Kier molecular flexibility index (Phi) is 5.71. The van der Waals surface area contributed by atoms with Crippen molar-refractivity contribution in [2.24, 2.45) is 16.8 Å². The molecule has 3 rings (SSSR count). The molecule has 156 valence electrons. The van der Waals surface area contributed by atoms with Crippen LogP contribution < -0.4 is 5.43 Å². The van der Waals surface area contributed by atoms with Crippen molar-refractivity contribution < 1.29 is 18.0 Å². The molecule has 0 amide bonds. The minimum atomic E-state index is -1.31. The van der Waals surface area contributed by atoms with Crippen LogP contribution in [0.25, 0.3) is 15.8 Å². The molecule has 0 spiro atoms. The summed E-state index contributed by atoms with van der Waals surface area (Å²) in [6.45, 7) is 16.3. The number of aryl methyl sites for hydroxylation is 1. The van der Waals surface area contributed by atoms with Crippen LogP contribution in [0.2, 0.25) is 0 Å². The SMILES string of the molecule is [C-]#[N+]C1=C(C)N=C(C)C(C(=O)CC(C)C)C1c1cc(F)c(F)c2c(=O)cc(C)oc12. The molecule has 0 saturated carbocycles. The molecule has 1 aliphatic rings. The van der Waals surface area contributed by atoms with Gasteiger partial charge in [0.15, 0.2) is 22.8 Å². The third-order valence-corrected chi connectivity index (χ3v) is 5.25. The highest BCUT2D eigenvalue weighted by atomic mass is 19.2. The minimum absolute atomic E-state index is 0.0659. The lowest BCUT2D eigenvalue weighted by atomic mass is 9.74. The number of hydrogen-bond acceptors (Lipinski definition) is 4. The van der Waals surface area contributed by atoms with Crippen molar-refractivity contribution in [2.75, 3.05) is 0 Å². The van der Waals surface area contributed by atoms with Gasteiger partial charge in [-0.05, 0) is 38.3 Å². The maximum absolute atomic E-state index is 14.5. The van der Waals surface area contributed by atoms with Gasteiger partial charge >= 0.3 is 0 Å². The first-order valence-corrected chi connectivity index (χ1v) is 9.65. The molecule has 30 heavy (non-hydrogen) atoms. The summed E-state index contributed by atoms with van der Waals surface area (Å²) < 4.78 is 34.7. The van der Waals surface area contributed by atoms with Gasteiger partial charge in [-0.15, -0.1) is 0 Å². The number of aliphatic imine (C=N–C) groups is 1. The van der Waals surface area contributed by atoms with Crippen molar-refractivity contribution in [3.8, 4) is 0 Å². The number of benzene rings is 1. The highest BCUT2D eigenvalue weighted by Crippen LogP contribution is 2.43. The first-order valence-electron chi connectivity index (χ1n) is 9.65. The average molecular weight is 412 g/mol. The Hall–Kier alpha value is -3.14. The lowest BCUT2D eigenvalue weighted by Gasteiger charge is -2.31. The quantitative estimate of drug-likeness (QED) is 0.639. The molecule has 1 aliphatic heterocycles. The van der Waals surface area contributed by atoms with Crippen LogP contribution in [-0.2, 0) is 4.79 Å². The van der Waals surface area contributed by atoms with Crippen molar-refractivity contribution >= 4 is 22.5 Å². The molecule has 2 heterocycles. The Morgan fingerprint density at radius 2 is 1.93 bits per heavy atom. The van der Waals surface area contributed by atoms with Gasteiger partial charge in [-0.3, -0.25) is 14.6 Å². The van der Waals surface area contributed by atoms with Crippen LogP contribution >= 0.6 is 0 Å². The van der Waals surface area contributed by atoms with Gasteiger partial charge in [0.2, 0.25) is 0 Å². The van der Waals surface area contributed by atoms with Crippen LogP contribution in [0.1, 0.15) is 51.4 Å². The fraction of sp³-hybridized carbons (Fsp3) is 0.391. The molecule has 0 bridgehead atoms.